The summed E-state index contributed by atoms with van der Waals surface area (Å²) < 4.78 is 4.84. The van der Waals surface area contributed by atoms with E-state index in [0.717, 1.165) is 5.56 Å². The number of Topliss-reactive ketones (excluding diaryl/α,β-unsaturated/α-hetero) is 2. The molecule has 0 radical (unpaired) electrons. The molecule has 0 amide bonds. The Kier molecular flexibility index (Phi) is 3.66. The van der Waals surface area contributed by atoms with Crippen molar-refractivity contribution in [3.05, 3.63) is 57.8 Å². The third-order valence-electron chi connectivity index (χ3n) is 4.01. The first kappa shape index (κ1) is 14.7. The average molecular weight is 314 g/mol. The van der Waals surface area contributed by atoms with Crippen LogP contribution in [0.5, 0.6) is 0 Å². The van der Waals surface area contributed by atoms with Crippen LogP contribution in [0, 0.1) is 5.41 Å². The van der Waals surface area contributed by atoms with Crippen LogP contribution in [-0.2, 0) is 16.0 Å². The molecule has 0 saturated carbocycles. The van der Waals surface area contributed by atoms with Gasteiger partial charge < -0.3 is 4.74 Å². The molecule has 1 aromatic carbocycles. The van der Waals surface area contributed by atoms with Crippen LogP contribution < -0.4 is 0 Å². The summed E-state index contributed by atoms with van der Waals surface area (Å²) in [7, 11) is 1.25. The Bertz CT molecular complexity index is 747. The van der Waals surface area contributed by atoms with E-state index in [1.54, 1.807) is 24.3 Å². The van der Waals surface area contributed by atoms with E-state index in [1.807, 2.05) is 17.5 Å². The molecule has 1 atom stereocenters. The number of esters is 1. The SMILES string of the molecule is COC(=O)C1(CC(=O)c2ccccc2)Cc2ccsc2C1=O. The minimum absolute atomic E-state index is 0.163. The van der Waals surface area contributed by atoms with Gasteiger partial charge in [-0.15, -0.1) is 11.3 Å². The Morgan fingerprint density at radius 2 is 1.95 bits per heavy atom. The molecule has 4 nitrogen and oxygen atoms in total. The standard InChI is InChI=1S/C17H14O4S/c1-21-16(20)17(9-12-7-8-22-14(12)15(17)19)10-13(18)11-5-3-2-4-6-11/h2-8H,9-10H2,1H3. The lowest BCUT2D eigenvalue weighted by molar-refractivity contribution is -0.149. The van der Waals surface area contributed by atoms with Crippen LogP contribution in [-0.4, -0.2) is 24.6 Å². The highest BCUT2D eigenvalue weighted by Gasteiger charge is 2.54. The third-order valence-corrected chi connectivity index (χ3v) is 4.97. The highest BCUT2D eigenvalue weighted by Crippen LogP contribution is 2.43. The summed E-state index contributed by atoms with van der Waals surface area (Å²) in [6.45, 7) is 0. The smallest absolute Gasteiger partial charge is 0.320 e. The first-order valence-corrected chi connectivity index (χ1v) is 7.74. The maximum Gasteiger partial charge on any atom is 0.320 e. The number of carbonyl (C=O) groups is 3. The highest BCUT2D eigenvalue weighted by atomic mass is 32.1. The number of methoxy groups -OCH3 is 1. The number of rotatable bonds is 4. The monoisotopic (exact) mass is 314 g/mol. The van der Waals surface area contributed by atoms with Crippen LogP contribution in [0.25, 0.3) is 0 Å². The minimum Gasteiger partial charge on any atom is -0.468 e. The lowest BCUT2D eigenvalue weighted by Gasteiger charge is -2.23. The summed E-state index contributed by atoms with van der Waals surface area (Å²) >= 11 is 1.30. The highest BCUT2D eigenvalue weighted by molar-refractivity contribution is 7.12. The molecule has 1 aliphatic carbocycles. The largest absolute Gasteiger partial charge is 0.468 e. The van der Waals surface area contributed by atoms with Crippen molar-refractivity contribution < 1.29 is 19.1 Å². The van der Waals surface area contributed by atoms with Crippen molar-refractivity contribution in [3.8, 4) is 0 Å². The summed E-state index contributed by atoms with van der Waals surface area (Å²) in [4.78, 5) is 38.0. The predicted molar refractivity (Wildman–Crippen MR) is 82.2 cm³/mol. The molecule has 0 fully saturated rings. The Labute approximate surface area is 131 Å². The molecule has 5 heteroatoms. The summed E-state index contributed by atoms with van der Waals surface area (Å²) in [6.07, 6.45) is 0.0693. The second-order valence-corrected chi connectivity index (χ2v) is 6.24. The zero-order chi connectivity index (χ0) is 15.7. The van der Waals surface area contributed by atoms with Crippen LogP contribution in [0.15, 0.2) is 41.8 Å². The molecular weight excluding hydrogens is 300 g/mol. The first-order chi connectivity index (χ1) is 10.6. The van der Waals surface area contributed by atoms with Crippen molar-refractivity contribution in [3.63, 3.8) is 0 Å². The van der Waals surface area contributed by atoms with Gasteiger partial charge in [-0.2, -0.15) is 0 Å². The second kappa shape index (κ2) is 5.50. The van der Waals surface area contributed by atoms with Crippen molar-refractivity contribution in [1.29, 1.82) is 0 Å². The maximum atomic E-state index is 12.7. The Morgan fingerprint density at radius 3 is 2.59 bits per heavy atom. The number of ketones is 2. The fourth-order valence-electron chi connectivity index (χ4n) is 2.87. The second-order valence-electron chi connectivity index (χ2n) is 5.32. The Morgan fingerprint density at radius 1 is 1.23 bits per heavy atom. The quantitative estimate of drug-likeness (QED) is 0.494. The molecule has 1 unspecified atom stereocenters. The molecule has 22 heavy (non-hydrogen) atoms. The molecule has 3 rings (SSSR count). The van der Waals surface area contributed by atoms with Gasteiger partial charge in [-0.1, -0.05) is 30.3 Å². The zero-order valence-corrected chi connectivity index (χ0v) is 12.8. The molecule has 0 spiro atoms. The van der Waals surface area contributed by atoms with E-state index in [0.29, 0.717) is 10.4 Å². The number of hydrogen-bond donors (Lipinski definition) is 0. The number of benzene rings is 1. The molecule has 112 valence electrons. The maximum absolute atomic E-state index is 12.7. The van der Waals surface area contributed by atoms with Gasteiger partial charge in [0, 0.05) is 12.0 Å². The lowest BCUT2D eigenvalue weighted by Crippen LogP contribution is -2.40. The Hall–Kier alpha value is -2.27. The molecule has 2 aromatic rings. The van der Waals surface area contributed by atoms with Gasteiger partial charge in [0.2, 0.25) is 0 Å². The van der Waals surface area contributed by atoms with Crippen molar-refractivity contribution in [2.24, 2.45) is 5.41 Å². The van der Waals surface area contributed by atoms with Gasteiger partial charge in [0.05, 0.1) is 12.0 Å². The molecule has 0 N–H and O–H groups in total. The van der Waals surface area contributed by atoms with Crippen molar-refractivity contribution in [1.82, 2.24) is 0 Å². The van der Waals surface area contributed by atoms with Crippen LogP contribution in [0.1, 0.15) is 32.0 Å². The fraction of sp³-hybridized carbons (Fsp3) is 0.235. The molecular formula is C17H14O4S. The molecule has 1 aromatic heterocycles. The van der Waals surface area contributed by atoms with E-state index in [2.05, 4.69) is 0 Å². The van der Waals surface area contributed by atoms with E-state index in [9.17, 15) is 14.4 Å². The molecule has 1 heterocycles. The molecule has 0 saturated heterocycles. The molecule has 0 aliphatic heterocycles. The fourth-order valence-corrected chi connectivity index (χ4v) is 3.83. The summed E-state index contributed by atoms with van der Waals surface area (Å²) in [6, 6.07) is 10.5. The average Bonchev–Trinajstić information content (AvgIpc) is 3.10. The summed E-state index contributed by atoms with van der Waals surface area (Å²) in [5.41, 5.74) is -0.0977. The summed E-state index contributed by atoms with van der Waals surface area (Å²) in [5, 5.41) is 1.82. The van der Waals surface area contributed by atoms with Crippen LogP contribution in [0.4, 0.5) is 0 Å². The number of ether oxygens (including phenoxy) is 1. The van der Waals surface area contributed by atoms with Gasteiger partial charge in [-0.25, -0.2) is 0 Å². The van der Waals surface area contributed by atoms with Gasteiger partial charge in [-0.05, 0) is 23.4 Å². The normalized spacial score (nSPS) is 19.8. The van der Waals surface area contributed by atoms with Crippen LogP contribution in [0.2, 0.25) is 0 Å². The van der Waals surface area contributed by atoms with Crippen LogP contribution >= 0.6 is 11.3 Å². The molecule has 0 bridgehead atoms. The number of fused-ring (bicyclic) bond motifs is 1. The number of hydrogen-bond acceptors (Lipinski definition) is 5. The van der Waals surface area contributed by atoms with Crippen molar-refractivity contribution in [2.45, 2.75) is 12.8 Å². The van der Waals surface area contributed by atoms with Gasteiger partial charge in [-0.3, -0.25) is 14.4 Å². The third kappa shape index (κ3) is 2.18. The number of thiophene rings is 1. The van der Waals surface area contributed by atoms with Gasteiger partial charge >= 0.3 is 5.97 Å². The summed E-state index contributed by atoms with van der Waals surface area (Å²) in [5.74, 6) is -1.16. The number of carbonyl (C=O) groups excluding carboxylic acids is 3. The van der Waals surface area contributed by atoms with Crippen molar-refractivity contribution >= 4 is 28.9 Å². The van der Waals surface area contributed by atoms with E-state index >= 15 is 0 Å². The van der Waals surface area contributed by atoms with E-state index in [-0.39, 0.29) is 24.4 Å². The van der Waals surface area contributed by atoms with Crippen LogP contribution in [0.3, 0.4) is 0 Å². The molecule has 1 aliphatic rings. The van der Waals surface area contributed by atoms with Gasteiger partial charge in [0.15, 0.2) is 11.6 Å². The van der Waals surface area contributed by atoms with Gasteiger partial charge in [0.25, 0.3) is 0 Å². The minimum atomic E-state index is -1.41. The van der Waals surface area contributed by atoms with Crippen molar-refractivity contribution in [2.75, 3.05) is 7.11 Å². The van der Waals surface area contributed by atoms with E-state index in [4.69, 9.17) is 4.74 Å². The predicted octanol–water partition coefficient (Wildman–Crippen LogP) is 2.92. The Balaban J connectivity index is 1.96. The van der Waals surface area contributed by atoms with Gasteiger partial charge in [0.1, 0.15) is 5.41 Å². The van der Waals surface area contributed by atoms with E-state index in [1.165, 1.54) is 18.4 Å². The lowest BCUT2D eigenvalue weighted by atomic mass is 9.78. The topological polar surface area (TPSA) is 60.4 Å². The first-order valence-electron chi connectivity index (χ1n) is 6.86. The zero-order valence-electron chi connectivity index (χ0n) is 12.0. The van der Waals surface area contributed by atoms with E-state index < -0.39 is 11.4 Å².